The van der Waals surface area contributed by atoms with Crippen molar-refractivity contribution in [3.63, 3.8) is 0 Å². The lowest BCUT2D eigenvalue weighted by atomic mass is 10.0. The number of nitrogens with one attached hydrogen (secondary N) is 1. The monoisotopic (exact) mass is 401 g/mol. The van der Waals surface area contributed by atoms with Crippen LogP contribution < -0.4 is 4.72 Å². The molecule has 0 amide bonds. The Balaban J connectivity index is 2.26. The Morgan fingerprint density at radius 1 is 1.04 bits per heavy atom. The first-order valence-corrected chi connectivity index (χ1v) is 9.75. The van der Waals surface area contributed by atoms with Gasteiger partial charge in [0, 0.05) is 12.5 Å². The summed E-state index contributed by atoms with van der Waals surface area (Å²) < 4.78 is 27.9. The SMILES string of the molecule is O=C(O)CCC(Cc1ccccc1)NS(=O)(=O)c1c(Cl)cccc1Cl. The molecule has 0 saturated heterocycles. The Kier molecular flexibility index (Phi) is 6.84. The van der Waals surface area contributed by atoms with Crippen molar-refractivity contribution >= 4 is 39.2 Å². The quantitative estimate of drug-likeness (QED) is 0.705. The molecule has 134 valence electrons. The van der Waals surface area contributed by atoms with Gasteiger partial charge < -0.3 is 5.11 Å². The molecule has 0 aliphatic rings. The molecule has 2 rings (SSSR count). The molecule has 0 fully saturated rings. The summed E-state index contributed by atoms with van der Waals surface area (Å²) in [6.45, 7) is 0. The van der Waals surface area contributed by atoms with Gasteiger partial charge in [-0.1, -0.05) is 59.6 Å². The minimum atomic E-state index is -4.00. The average molecular weight is 402 g/mol. The van der Waals surface area contributed by atoms with E-state index in [1.807, 2.05) is 30.3 Å². The molecular weight excluding hydrogens is 385 g/mol. The molecule has 0 aliphatic heterocycles. The molecule has 0 saturated carbocycles. The number of halogens is 2. The molecule has 2 aromatic rings. The second kappa shape index (κ2) is 8.67. The molecule has 0 radical (unpaired) electrons. The minimum absolute atomic E-state index is 0.0108. The van der Waals surface area contributed by atoms with E-state index in [9.17, 15) is 13.2 Å². The third-order valence-electron chi connectivity index (χ3n) is 3.54. The van der Waals surface area contributed by atoms with Crippen molar-refractivity contribution in [2.24, 2.45) is 0 Å². The topological polar surface area (TPSA) is 83.5 Å². The van der Waals surface area contributed by atoms with Crippen molar-refractivity contribution in [2.75, 3.05) is 0 Å². The molecule has 0 spiro atoms. The van der Waals surface area contributed by atoms with E-state index in [0.717, 1.165) is 5.56 Å². The van der Waals surface area contributed by atoms with Crippen LogP contribution in [0, 0.1) is 0 Å². The zero-order valence-corrected chi connectivity index (χ0v) is 15.5. The highest BCUT2D eigenvalue weighted by Gasteiger charge is 2.25. The average Bonchev–Trinajstić information content (AvgIpc) is 2.53. The summed E-state index contributed by atoms with van der Waals surface area (Å²) in [5, 5.41) is 8.93. The van der Waals surface area contributed by atoms with Crippen molar-refractivity contribution in [3.05, 3.63) is 64.1 Å². The first kappa shape index (κ1) is 19.7. The van der Waals surface area contributed by atoms with E-state index >= 15 is 0 Å². The van der Waals surface area contributed by atoms with Crippen LogP contribution in [0.5, 0.6) is 0 Å². The van der Waals surface area contributed by atoms with Gasteiger partial charge in [-0.25, -0.2) is 13.1 Å². The van der Waals surface area contributed by atoms with E-state index in [0.29, 0.717) is 6.42 Å². The summed E-state index contributed by atoms with van der Waals surface area (Å²) in [4.78, 5) is 10.7. The van der Waals surface area contributed by atoms with Gasteiger partial charge >= 0.3 is 5.97 Å². The van der Waals surface area contributed by atoms with Gasteiger partial charge in [0.15, 0.2) is 0 Å². The number of benzene rings is 2. The van der Waals surface area contributed by atoms with Crippen LogP contribution in [0.3, 0.4) is 0 Å². The van der Waals surface area contributed by atoms with Crippen LogP contribution in [-0.2, 0) is 21.2 Å². The van der Waals surface area contributed by atoms with Crippen molar-refractivity contribution < 1.29 is 18.3 Å². The van der Waals surface area contributed by atoms with Gasteiger partial charge in [-0.3, -0.25) is 4.79 Å². The fraction of sp³-hybridized carbons (Fsp3) is 0.235. The number of sulfonamides is 1. The largest absolute Gasteiger partial charge is 0.481 e. The molecule has 2 aromatic carbocycles. The van der Waals surface area contributed by atoms with Crippen molar-refractivity contribution in [2.45, 2.75) is 30.2 Å². The van der Waals surface area contributed by atoms with E-state index in [4.69, 9.17) is 28.3 Å². The van der Waals surface area contributed by atoms with E-state index < -0.39 is 22.0 Å². The van der Waals surface area contributed by atoms with Gasteiger partial charge in [0.05, 0.1) is 10.0 Å². The molecular formula is C17H17Cl2NO4S. The van der Waals surface area contributed by atoms with Crippen LogP contribution in [-0.4, -0.2) is 25.5 Å². The third-order valence-corrected chi connectivity index (χ3v) is 6.02. The van der Waals surface area contributed by atoms with Gasteiger partial charge in [-0.2, -0.15) is 0 Å². The second-order valence-electron chi connectivity index (χ2n) is 5.49. The maximum Gasteiger partial charge on any atom is 0.303 e. The Labute approximate surface area is 156 Å². The third kappa shape index (κ3) is 5.71. The van der Waals surface area contributed by atoms with Crippen LogP contribution >= 0.6 is 23.2 Å². The van der Waals surface area contributed by atoms with Crippen LogP contribution in [0.2, 0.25) is 10.0 Å². The summed E-state index contributed by atoms with van der Waals surface area (Å²) in [7, 11) is -4.00. The second-order valence-corrected chi connectivity index (χ2v) is 7.96. The summed E-state index contributed by atoms with van der Waals surface area (Å²) in [5.41, 5.74) is 0.894. The zero-order chi connectivity index (χ0) is 18.4. The minimum Gasteiger partial charge on any atom is -0.481 e. The molecule has 1 atom stereocenters. The lowest BCUT2D eigenvalue weighted by Gasteiger charge is -2.19. The fourth-order valence-corrected chi connectivity index (χ4v) is 4.83. The van der Waals surface area contributed by atoms with Gasteiger partial charge in [-0.15, -0.1) is 0 Å². The number of carboxylic acid groups (broad SMARTS) is 1. The molecule has 1 unspecified atom stereocenters. The number of hydrogen-bond acceptors (Lipinski definition) is 3. The van der Waals surface area contributed by atoms with Gasteiger partial charge in [0.25, 0.3) is 0 Å². The summed E-state index contributed by atoms with van der Waals surface area (Å²) >= 11 is 12.0. The zero-order valence-electron chi connectivity index (χ0n) is 13.2. The highest BCUT2D eigenvalue weighted by molar-refractivity contribution is 7.89. The van der Waals surface area contributed by atoms with Crippen molar-refractivity contribution in [1.82, 2.24) is 4.72 Å². The number of hydrogen-bond donors (Lipinski definition) is 2. The molecule has 8 heteroatoms. The van der Waals surface area contributed by atoms with E-state index in [-0.39, 0.29) is 27.8 Å². The molecule has 0 bridgehead atoms. The molecule has 0 aliphatic carbocycles. The maximum absolute atomic E-state index is 12.7. The highest BCUT2D eigenvalue weighted by Crippen LogP contribution is 2.29. The van der Waals surface area contributed by atoms with Crippen LogP contribution in [0.15, 0.2) is 53.4 Å². The Hall–Kier alpha value is -1.60. The Morgan fingerprint density at radius 2 is 1.64 bits per heavy atom. The van der Waals surface area contributed by atoms with Crippen LogP contribution in [0.25, 0.3) is 0 Å². The van der Waals surface area contributed by atoms with Crippen LogP contribution in [0.1, 0.15) is 18.4 Å². The standard InChI is InChI=1S/C17H17Cl2NO4S/c18-14-7-4-8-15(19)17(14)25(23,24)20-13(9-10-16(21)22)11-12-5-2-1-3-6-12/h1-8,13,20H,9-11H2,(H,21,22). The number of carbonyl (C=O) groups is 1. The number of rotatable bonds is 8. The summed E-state index contributed by atoms with van der Waals surface area (Å²) in [6, 6.07) is 13.0. The normalized spacial score (nSPS) is 12.7. The molecule has 5 nitrogen and oxygen atoms in total. The predicted molar refractivity (Wildman–Crippen MR) is 97.6 cm³/mol. The predicted octanol–water partition coefficient (Wildman–Crippen LogP) is 3.75. The summed E-state index contributed by atoms with van der Waals surface area (Å²) in [5.74, 6) is -0.993. The van der Waals surface area contributed by atoms with Gasteiger partial charge in [0.1, 0.15) is 4.90 Å². The first-order chi connectivity index (χ1) is 11.8. The number of carboxylic acids is 1. The number of aliphatic carboxylic acids is 1. The maximum atomic E-state index is 12.7. The summed E-state index contributed by atoms with van der Waals surface area (Å²) in [6.07, 6.45) is 0.344. The van der Waals surface area contributed by atoms with E-state index in [1.54, 1.807) is 6.07 Å². The highest BCUT2D eigenvalue weighted by atomic mass is 35.5. The van der Waals surface area contributed by atoms with Crippen molar-refractivity contribution in [3.8, 4) is 0 Å². The van der Waals surface area contributed by atoms with Crippen molar-refractivity contribution in [1.29, 1.82) is 0 Å². The lowest BCUT2D eigenvalue weighted by Crippen LogP contribution is -2.37. The first-order valence-electron chi connectivity index (χ1n) is 7.51. The Bertz CT molecular complexity index is 821. The van der Waals surface area contributed by atoms with E-state index in [2.05, 4.69) is 4.72 Å². The van der Waals surface area contributed by atoms with Gasteiger partial charge in [0.2, 0.25) is 10.0 Å². The molecule has 0 heterocycles. The molecule has 0 aromatic heterocycles. The van der Waals surface area contributed by atoms with Crippen LogP contribution in [0.4, 0.5) is 0 Å². The van der Waals surface area contributed by atoms with E-state index in [1.165, 1.54) is 12.1 Å². The Morgan fingerprint density at radius 3 is 2.20 bits per heavy atom. The fourth-order valence-electron chi connectivity index (χ4n) is 2.42. The molecule has 25 heavy (non-hydrogen) atoms. The molecule has 2 N–H and O–H groups in total. The smallest absolute Gasteiger partial charge is 0.303 e. The van der Waals surface area contributed by atoms with Gasteiger partial charge in [-0.05, 0) is 30.5 Å². The lowest BCUT2D eigenvalue weighted by molar-refractivity contribution is -0.137.